The van der Waals surface area contributed by atoms with Gasteiger partial charge >= 0.3 is 0 Å². The Labute approximate surface area is 119 Å². The summed E-state index contributed by atoms with van der Waals surface area (Å²) in [5.41, 5.74) is 2.30. The molecule has 1 nitrogen and oxygen atoms in total. The highest BCUT2D eigenvalue weighted by molar-refractivity contribution is 5.93. The third kappa shape index (κ3) is 2.43. The molecule has 1 heteroatoms. The number of ether oxygens (including phenoxy) is 1. The average Bonchev–Trinajstić information content (AvgIpc) is 2.53. The van der Waals surface area contributed by atoms with Gasteiger partial charge < -0.3 is 4.74 Å². The van der Waals surface area contributed by atoms with Crippen LogP contribution in [0.15, 0.2) is 66.7 Å². The zero-order chi connectivity index (χ0) is 13.8. The summed E-state index contributed by atoms with van der Waals surface area (Å²) < 4.78 is 5.37. The largest absolute Gasteiger partial charge is 0.496 e. The summed E-state index contributed by atoms with van der Waals surface area (Å²) in [5, 5.41) is 2.52. The lowest BCUT2D eigenvalue weighted by molar-refractivity contribution is 0.414. The lowest BCUT2D eigenvalue weighted by Crippen LogP contribution is -1.85. The van der Waals surface area contributed by atoms with Crippen LogP contribution in [-0.4, -0.2) is 7.11 Å². The molecule has 0 saturated carbocycles. The topological polar surface area (TPSA) is 9.23 Å². The molecule has 3 aromatic rings. The average molecular weight is 260 g/mol. The second-order valence-corrected chi connectivity index (χ2v) is 4.64. The summed E-state index contributed by atoms with van der Waals surface area (Å²) in [6, 6.07) is 22.8. The number of para-hydroxylation sites is 1. The van der Waals surface area contributed by atoms with E-state index in [1.165, 1.54) is 16.3 Å². The SMILES string of the molecule is COc1ccccc1C=Cc1cccc2ccccc12. The highest BCUT2D eigenvalue weighted by Gasteiger charge is 1.99. The van der Waals surface area contributed by atoms with Crippen LogP contribution in [0.3, 0.4) is 0 Å². The molecular formula is C19H16O. The number of rotatable bonds is 3. The van der Waals surface area contributed by atoms with Crippen molar-refractivity contribution in [2.75, 3.05) is 7.11 Å². The molecule has 20 heavy (non-hydrogen) atoms. The third-order valence-corrected chi connectivity index (χ3v) is 3.40. The van der Waals surface area contributed by atoms with Gasteiger partial charge in [0, 0.05) is 5.56 Å². The molecule has 0 aromatic heterocycles. The second-order valence-electron chi connectivity index (χ2n) is 4.64. The lowest BCUT2D eigenvalue weighted by Gasteiger charge is -2.04. The van der Waals surface area contributed by atoms with Gasteiger partial charge in [0.25, 0.3) is 0 Å². The molecule has 3 rings (SSSR count). The molecule has 0 radical (unpaired) electrons. The molecule has 0 aliphatic heterocycles. The van der Waals surface area contributed by atoms with Crippen LogP contribution in [0.5, 0.6) is 5.75 Å². The van der Waals surface area contributed by atoms with Crippen LogP contribution in [-0.2, 0) is 0 Å². The van der Waals surface area contributed by atoms with E-state index in [2.05, 4.69) is 60.7 Å². The first-order valence-corrected chi connectivity index (χ1v) is 6.67. The van der Waals surface area contributed by atoms with Crippen LogP contribution in [0.25, 0.3) is 22.9 Å². The van der Waals surface area contributed by atoms with Crippen LogP contribution >= 0.6 is 0 Å². The molecule has 0 bridgehead atoms. The first-order valence-electron chi connectivity index (χ1n) is 6.67. The number of fused-ring (bicyclic) bond motifs is 1. The van der Waals surface area contributed by atoms with Gasteiger partial charge in [-0.05, 0) is 22.4 Å². The van der Waals surface area contributed by atoms with Gasteiger partial charge in [-0.1, -0.05) is 72.8 Å². The van der Waals surface area contributed by atoms with Crippen molar-refractivity contribution in [2.24, 2.45) is 0 Å². The lowest BCUT2D eigenvalue weighted by atomic mass is 10.0. The molecule has 0 atom stereocenters. The predicted molar refractivity (Wildman–Crippen MR) is 85.9 cm³/mol. The van der Waals surface area contributed by atoms with E-state index < -0.39 is 0 Å². The molecule has 0 fully saturated rings. The zero-order valence-electron chi connectivity index (χ0n) is 11.4. The van der Waals surface area contributed by atoms with E-state index in [-0.39, 0.29) is 0 Å². The highest BCUT2D eigenvalue weighted by atomic mass is 16.5. The summed E-state index contributed by atoms with van der Waals surface area (Å²) in [4.78, 5) is 0. The van der Waals surface area contributed by atoms with E-state index in [4.69, 9.17) is 4.74 Å². The van der Waals surface area contributed by atoms with E-state index in [1.54, 1.807) is 7.11 Å². The molecule has 0 N–H and O–H groups in total. The Morgan fingerprint density at radius 2 is 1.35 bits per heavy atom. The Morgan fingerprint density at radius 3 is 2.25 bits per heavy atom. The van der Waals surface area contributed by atoms with E-state index in [0.717, 1.165) is 11.3 Å². The minimum Gasteiger partial charge on any atom is -0.496 e. The van der Waals surface area contributed by atoms with Crippen LogP contribution in [0, 0.1) is 0 Å². The minimum atomic E-state index is 0.893. The predicted octanol–water partition coefficient (Wildman–Crippen LogP) is 5.02. The summed E-state index contributed by atoms with van der Waals surface area (Å²) in [7, 11) is 1.70. The Balaban J connectivity index is 2.03. The van der Waals surface area contributed by atoms with Crippen molar-refractivity contribution in [1.29, 1.82) is 0 Å². The Bertz CT molecular complexity index is 751. The quantitative estimate of drug-likeness (QED) is 0.601. The molecule has 0 spiro atoms. The van der Waals surface area contributed by atoms with Crippen molar-refractivity contribution < 1.29 is 4.74 Å². The molecule has 3 aromatic carbocycles. The van der Waals surface area contributed by atoms with E-state index in [1.807, 2.05) is 18.2 Å². The minimum absolute atomic E-state index is 0.893. The van der Waals surface area contributed by atoms with Crippen molar-refractivity contribution in [3.63, 3.8) is 0 Å². The smallest absolute Gasteiger partial charge is 0.126 e. The molecular weight excluding hydrogens is 244 g/mol. The first kappa shape index (κ1) is 12.5. The summed E-state index contributed by atoms with van der Waals surface area (Å²) in [6.07, 6.45) is 4.24. The fraction of sp³-hybridized carbons (Fsp3) is 0.0526. The van der Waals surface area contributed by atoms with Gasteiger partial charge in [0.15, 0.2) is 0 Å². The van der Waals surface area contributed by atoms with Gasteiger partial charge in [-0.3, -0.25) is 0 Å². The Hall–Kier alpha value is -2.54. The fourth-order valence-corrected chi connectivity index (χ4v) is 2.38. The number of methoxy groups -OCH3 is 1. The standard InChI is InChI=1S/C19H16O/c1-20-19-12-5-3-8-17(19)14-13-16-10-6-9-15-7-2-4-11-18(15)16/h2-14H,1H3. The van der Waals surface area contributed by atoms with E-state index in [9.17, 15) is 0 Å². The van der Waals surface area contributed by atoms with Gasteiger partial charge in [-0.2, -0.15) is 0 Å². The highest BCUT2D eigenvalue weighted by Crippen LogP contribution is 2.23. The summed E-state index contributed by atoms with van der Waals surface area (Å²) in [5.74, 6) is 0.893. The summed E-state index contributed by atoms with van der Waals surface area (Å²) >= 11 is 0. The monoisotopic (exact) mass is 260 g/mol. The molecule has 98 valence electrons. The maximum atomic E-state index is 5.37. The number of benzene rings is 3. The van der Waals surface area contributed by atoms with Gasteiger partial charge in [-0.15, -0.1) is 0 Å². The normalized spacial score (nSPS) is 11.1. The molecule has 0 aliphatic rings. The zero-order valence-corrected chi connectivity index (χ0v) is 11.4. The van der Waals surface area contributed by atoms with Crippen LogP contribution in [0.4, 0.5) is 0 Å². The van der Waals surface area contributed by atoms with Crippen molar-refractivity contribution in [3.8, 4) is 5.75 Å². The van der Waals surface area contributed by atoms with Gasteiger partial charge in [0.1, 0.15) is 5.75 Å². The maximum absolute atomic E-state index is 5.37. The molecule has 0 amide bonds. The van der Waals surface area contributed by atoms with Gasteiger partial charge in [0.05, 0.1) is 7.11 Å². The van der Waals surface area contributed by atoms with E-state index in [0.29, 0.717) is 0 Å². The van der Waals surface area contributed by atoms with Crippen LogP contribution < -0.4 is 4.74 Å². The third-order valence-electron chi connectivity index (χ3n) is 3.40. The van der Waals surface area contributed by atoms with Crippen molar-refractivity contribution in [1.82, 2.24) is 0 Å². The van der Waals surface area contributed by atoms with E-state index >= 15 is 0 Å². The first-order chi connectivity index (χ1) is 9.88. The molecule has 0 aliphatic carbocycles. The number of hydrogen-bond acceptors (Lipinski definition) is 1. The molecule has 0 unspecified atom stereocenters. The Kier molecular flexibility index (Phi) is 3.51. The van der Waals surface area contributed by atoms with Crippen LogP contribution in [0.1, 0.15) is 11.1 Å². The number of hydrogen-bond donors (Lipinski definition) is 0. The summed E-state index contributed by atoms with van der Waals surface area (Å²) in [6.45, 7) is 0. The van der Waals surface area contributed by atoms with Crippen molar-refractivity contribution in [3.05, 3.63) is 77.9 Å². The van der Waals surface area contributed by atoms with Crippen molar-refractivity contribution in [2.45, 2.75) is 0 Å². The second kappa shape index (κ2) is 5.62. The van der Waals surface area contributed by atoms with Gasteiger partial charge in [-0.25, -0.2) is 0 Å². The Morgan fingerprint density at radius 1 is 0.700 bits per heavy atom. The molecule has 0 saturated heterocycles. The van der Waals surface area contributed by atoms with Crippen molar-refractivity contribution >= 4 is 22.9 Å². The van der Waals surface area contributed by atoms with Crippen LogP contribution in [0.2, 0.25) is 0 Å². The molecule has 0 heterocycles. The maximum Gasteiger partial charge on any atom is 0.126 e. The fourth-order valence-electron chi connectivity index (χ4n) is 2.38. The van der Waals surface area contributed by atoms with Gasteiger partial charge in [0.2, 0.25) is 0 Å².